The van der Waals surface area contributed by atoms with E-state index in [4.69, 9.17) is 18.9 Å². The van der Waals surface area contributed by atoms with E-state index >= 15 is 0 Å². The fraction of sp³-hybridized carbons (Fsp3) is 0.217. The molecule has 0 unspecified atom stereocenters. The van der Waals surface area contributed by atoms with Crippen LogP contribution in [0.25, 0.3) is 6.08 Å². The molecule has 0 aromatic heterocycles. The van der Waals surface area contributed by atoms with E-state index in [2.05, 4.69) is 11.6 Å². The highest BCUT2D eigenvalue weighted by atomic mass is 32.2. The van der Waals surface area contributed by atoms with Crippen LogP contribution in [0, 0.1) is 0 Å². The lowest BCUT2D eigenvalue weighted by Crippen LogP contribution is -2.30. The monoisotopic (exact) mass is 440 g/mol. The Labute approximate surface area is 186 Å². The van der Waals surface area contributed by atoms with Crippen molar-refractivity contribution in [2.24, 2.45) is 4.99 Å². The lowest BCUT2D eigenvalue weighted by Gasteiger charge is -2.18. The first-order valence-corrected chi connectivity index (χ1v) is 10.4. The minimum absolute atomic E-state index is 0.253. The van der Waals surface area contributed by atoms with Crippen molar-refractivity contribution in [2.45, 2.75) is 0 Å². The third kappa shape index (κ3) is 4.69. The van der Waals surface area contributed by atoms with E-state index in [1.807, 2.05) is 18.2 Å². The second kappa shape index (κ2) is 10.1. The smallest absolute Gasteiger partial charge is 0.283 e. The highest BCUT2D eigenvalue weighted by Gasteiger charge is 2.32. The summed E-state index contributed by atoms with van der Waals surface area (Å²) in [6.07, 6.45) is 3.44. The molecule has 0 radical (unpaired) electrons. The Kier molecular flexibility index (Phi) is 7.25. The number of nitrogens with zero attached hydrogens (tertiary/aromatic N) is 2. The summed E-state index contributed by atoms with van der Waals surface area (Å²) in [5, 5.41) is 0.559. The van der Waals surface area contributed by atoms with E-state index in [-0.39, 0.29) is 11.6 Å². The standard InChI is InChI=1S/C23H24N2O5S/c1-6-10-31-23-24-18(22(26)25(23)16-8-7-9-17(13-16)27-2)11-15-12-20(29-4)21(30-5)14-19(15)28-3/h6-9,11-14H,1,10H2,2-5H3/b18-11-. The summed E-state index contributed by atoms with van der Waals surface area (Å²) in [5.74, 6) is 2.60. The molecule has 0 atom stereocenters. The lowest BCUT2D eigenvalue weighted by molar-refractivity contribution is -0.113. The van der Waals surface area contributed by atoms with Gasteiger partial charge in [0.05, 0.1) is 34.1 Å². The maximum Gasteiger partial charge on any atom is 0.283 e. The SMILES string of the molecule is C=CCSC1=N/C(=C\c2cc(OC)c(OC)cc2OC)C(=O)N1c1cccc(OC)c1. The molecule has 31 heavy (non-hydrogen) atoms. The van der Waals surface area contributed by atoms with Gasteiger partial charge in [-0.3, -0.25) is 9.69 Å². The van der Waals surface area contributed by atoms with Gasteiger partial charge in [-0.25, -0.2) is 4.99 Å². The Morgan fingerprint density at radius 2 is 1.71 bits per heavy atom. The summed E-state index contributed by atoms with van der Waals surface area (Å²) in [6.45, 7) is 3.75. The topological polar surface area (TPSA) is 69.6 Å². The number of amidine groups is 1. The molecule has 1 aliphatic heterocycles. The van der Waals surface area contributed by atoms with Gasteiger partial charge in [-0.15, -0.1) is 6.58 Å². The average Bonchev–Trinajstić information content (AvgIpc) is 3.11. The predicted octanol–water partition coefficient (Wildman–Crippen LogP) is 4.38. The van der Waals surface area contributed by atoms with Gasteiger partial charge in [0, 0.05) is 23.4 Å². The molecule has 8 heteroatoms. The van der Waals surface area contributed by atoms with Crippen LogP contribution in [0.3, 0.4) is 0 Å². The second-order valence-electron chi connectivity index (χ2n) is 6.31. The number of amides is 1. The second-order valence-corrected chi connectivity index (χ2v) is 7.30. The Morgan fingerprint density at radius 3 is 2.35 bits per heavy atom. The van der Waals surface area contributed by atoms with Gasteiger partial charge >= 0.3 is 0 Å². The number of anilines is 1. The molecular weight excluding hydrogens is 416 g/mol. The van der Waals surface area contributed by atoms with Crippen molar-refractivity contribution in [1.29, 1.82) is 0 Å². The summed E-state index contributed by atoms with van der Waals surface area (Å²) in [4.78, 5) is 19.5. The molecule has 1 heterocycles. The highest BCUT2D eigenvalue weighted by Crippen LogP contribution is 2.37. The number of ether oxygens (including phenoxy) is 4. The first-order valence-electron chi connectivity index (χ1n) is 9.38. The van der Waals surface area contributed by atoms with Gasteiger partial charge in [0.1, 0.15) is 17.2 Å². The van der Waals surface area contributed by atoms with Gasteiger partial charge in [0.2, 0.25) is 0 Å². The highest BCUT2D eigenvalue weighted by molar-refractivity contribution is 8.14. The van der Waals surface area contributed by atoms with Crippen LogP contribution in [0.1, 0.15) is 5.56 Å². The van der Waals surface area contributed by atoms with Crippen LogP contribution < -0.4 is 23.8 Å². The van der Waals surface area contributed by atoms with E-state index in [1.165, 1.54) is 11.8 Å². The number of thioether (sulfide) groups is 1. The van der Waals surface area contributed by atoms with E-state index in [9.17, 15) is 4.79 Å². The quantitative estimate of drug-likeness (QED) is 0.448. The van der Waals surface area contributed by atoms with Gasteiger partial charge in [0.25, 0.3) is 5.91 Å². The molecule has 1 aliphatic rings. The molecule has 2 aromatic rings. The van der Waals surface area contributed by atoms with Crippen LogP contribution in [0.4, 0.5) is 5.69 Å². The summed E-state index contributed by atoms with van der Waals surface area (Å²) >= 11 is 1.42. The van der Waals surface area contributed by atoms with Crippen LogP contribution in [-0.4, -0.2) is 45.3 Å². The van der Waals surface area contributed by atoms with Gasteiger partial charge < -0.3 is 18.9 Å². The number of methoxy groups -OCH3 is 4. The van der Waals surface area contributed by atoms with Crippen molar-refractivity contribution in [1.82, 2.24) is 0 Å². The molecular formula is C23H24N2O5S. The van der Waals surface area contributed by atoms with Crippen LogP contribution in [0.5, 0.6) is 23.0 Å². The first-order chi connectivity index (χ1) is 15.1. The van der Waals surface area contributed by atoms with Crippen molar-refractivity contribution < 1.29 is 23.7 Å². The summed E-state index contributed by atoms with van der Waals surface area (Å²) in [7, 11) is 6.24. The Morgan fingerprint density at radius 1 is 1.00 bits per heavy atom. The molecule has 0 saturated carbocycles. The van der Waals surface area contributed by atoms with Crippen LogP contribution in [0.2, 0.25) is 0 Å². The average molecular weight is 441 g/mol. The van der Waals surface area contributed by atoms with Gasteiger partial charge in [0.15, 0.2) is 16.7 Å². The minimum atomic E-state index is -0.253. The van der Waals surface area contributed by atoms with Crippen LogP contribution in [0.15, 0.2) is 59.7 Å². The molecule has 0 N–H and O–H groups in total. The lowest BCUT2D eigenvalue weighted by atomic mass is 10.1. The number of benzene rings is 2. The fourth-order valence-corrected chi connectivity index (χ4v) is 3.76. The largest absolute Gasteiger partial charge is 0.497 e. The molecule has 3 rings (SSSR count). The minimum Gasteiger partial charge on any atom is -0.497 e. The van der Waals surface area contributed by atoms with E-state index in [0.29, 0.717) is 45.2 Å². The Hall–Kier alpha value is -3.39. The molecule has 0 spiro atoms. The van der Waals surface area contributed by atoms with Crippen molar-refractivity contribution in [3.05, 3.63) is 60.3 Å². The zero-order valence-corrected chi connectivity index (χ0v) is 18.7. The molecule has 0 fully saturated rings. The van der Waals surface area contributed by atoms with Crippen molar-refractivity contribution in [3.63, 3.8) is 0 Å². The number of hydrogen-bond acceptors (Lipinski definition) is 7. The maximum absolute atomic E-state index is 13.3. The molecule has 2 aromatic carbocycles. The van der Waals surface area contributed by atoms with Gasteiger partial charge in [-0.2, -0.15) is 0 Å². The van der Waals surface area contributed by atoms with Gasteiger partial charge in [-0.05, 0) is 24.3 Å². The zero-order valence-electron chi connectivity index (χ0n) is 17.9. The Balaban J connectivity index is 2.07. The maximum atomic E-state index is 13.3. The number of rotatable bonds is 8. The summed E-state index contributed by atoms with van der Waals surface area (Å²) in [6, 6.07) is 10.7. The molecule has 0 bridgehead atoms. The summed E-state index contributed by atoms with van der Waals surface area (Å²) < 4.78 is 21.5. The predicted molar refractivity (Wildman–Crippen MR) is 125 cm³/mol. The molecule has 1 amide bonds. The first kappa shape index (κ1) is 22.3. The number of aliphatic imine (C=N–C) groups is 1. The van der Waals surface area contributed by atoms with Crippen molar-refractivity contribution in [2.75, 3.05) is 39.1 Å². The third-order valence-corrected chi connectivity index (χ3v) is 5.43. The summed E-state index contributed by atoms with van der Waals surface area (Å²) in [5.41, 5.74) is 1.59. The number of carbonyl (C=O) groups excluding carboxylic acids is 1. The number of hydrogen-bond donors (Lipinski definition) is 0. The Bertz CT molecular complexity index is 1050. The molecule has 7 nitrogen and oxygen atoms in total. The molecule has 0 aliphatic carbocycles. The third-order valence-electron chi connectivity index (χ3n) is 4.50. The molecule has 162 valence electrons. The normalized spacial score (nSPS) is 14.5. The van der Waals surface area contributed by atoms with E-state index in [1.54, 1.807) is 63.7 Å². The van der Waals surface area contributed by atoms with E-state index < -0.39 is 0 Å². The van der Waals surface area contributed by atoms with Crippen LogP contribution in [-0.2, 0) is 4.79 Å². The zero-order chi connectivity index (χ0) is 22.4. The van der Waals surface area contributed by atoms with Crippen molar-refractivity contribution >= 4 is 34.6 Å². The van der Waals surface area contributed by atoms with E-state index in [0.717, 1.165) is 0 Å². The number of carbonyl (C=O) groups is 1. The van der Waals surface area contributed by atoms with Gasteiger partial charge in [-0.1, -0.05) is 23.9 Å². The fourth-order valence-electron chi connectivity index (χ4n) is 3.02. The molecule has 0 saturated heterocycles. The van der Waals surface area contributed by atoms with Crippen molar-refractivity contribution in [3.8, 4) is 23.0 Å². The van der Waals surface area contributed by atoms with Crippen LogP contribution >= 0.6 is 11.8 Å².